The number of allylic oxidation sites excluding steroid dienone is 2. The summed E-state index contributed by atoms with van der Waals surface area (Å²) in [6.07, 6.45) is 8.76. The fourth-order valence-corrected chi connectivity index (χ4v) is 3.72. The molecule has 23 heavy (non-hydrogen) atoms. The lowest BCUT2D eigenvalue weighted by Gasteiger charge is -2.37. The molecule has 0 aromatic heterocycles. The Morgan fingerprint density at radius 1 is 0.957 bits per heavy atom. The largest absolute Gasteiger partial charge is 0.348 e. The van der Waals surface area contributed by atoms with Crippen LogP contribution in [0, 0.1) is 29.4 Å². The Kier molecular flexibility index (Phi) is 5.44. The van der Waals surface area contributed by atoms with Gasteiger partial charge in [0.15, 0.2) is 17.9 Å². The van der Waals surface area contributed by atoms with E-state index in [1.54, 1.807) is 0 Å². The average molecular weight is 322 g/mol. The maximum absolute atomic E-state index is 13.3. The van der Waals surface area contributed by atoms with Crippen molar-refractivity contribution < 1.29 is 18.3 Å². The van der Waals surface area contributed by atoms with E-state index in [2.05, 4.69) is 19.1 Å². The van der Waals surface area contributed by atoms with Gasteiger partial charge in [-0.3, -0.25) is 0 Å². The summed E-state index contributed by atoms with van der Waals surface area (Å²) in [5.74, 6) is 0.0570. The quantitative estimate of drug-likeness (QED) is 0.728. The van der Waals surface area contributed by atoms with Gasteiger partial charge in [-0.25, -0.2) is 8.78 Å². The molecule has 1 aromatic rings. The first kappa shape index (κ1) is 16.6. The molecule has 2 aliphatic rings. The Labute approximate surface area is 136 Å². The van der Waals surface area contributed by atoms with Crippen LogP contribution in [0.5, 0.6) is 0 Å². The highest BCUT2D eigenvalue weighted by atomic mass is 19.2. The van der Waals surface area contributed by atoms with Crippen molar-refractivity contribution in [2.75, 3.05) is 13.2 Å². The van der Waals surface area contributed by atoms with Gasteiger partial charge < -0.3 is 9.47 Å². The van der Waals surface area contributed by atoms with Gasteiger partial charge in [-0.1, -0.05) is 18.2 Å². The summed E-state index contributed by atoms with van der Waals surface area (Å²) in [7, 11) is 0. The molecule has 4 heteroatoms. The molecule has 1 aliphatic heterocycles. The summed E-state index contributed by atoms with van der Waals surface area (Å²) in [5.41, 5.74) is 0.541. The van der Waals surface area contributed by atoms with Gasteiger partial charge in [0.1, 0.15) is 0 Å². The number of rotatable bonds is 3. The molecular formula is C19H24F2O2. The summed E-state index contributed by atoms with van der Waals surface area (Å²) in [6, 6.07) is 3.79. The van der Waals surface area contributed by atoms with Gasteiger partial charge in [0.25, 0.3) is 0 Å². The van der Waals surface area contributed by atoms with Crippen LogP contribution in [0.4, 0.5) is 8.78 Å². The fraction of sp³-hybridized carbons (Fsp3) is 0.579. The monoisotopic (exact) mass is 322 g/mol. The minimum Gasteiger partial charge on any atom is -0.348 e. The van der Waals surface area contributed by atoms with Crippen LogP contribution in [0.1, 0.15) is 44.5 Å². The first-order valence-electron chi connectivity index (χ1n) is 8.48. The number of benzene rings is 1. The molecule has 3 rings (SSSR count). The minimum atomic E-state index is -0.862. The van der Waals surface area contributed by atoms with Crippen LogP contribution < -0.4 is 0 Å². The highest BCUT2D eigenvalue weighted by Gasteiger charge is 2.32. The van der Waals surface area contributed by atoms with Crippen molar-refractivity contribution in [3.05, 3.63) is 47.5 Å². The molecule has 1 heterocycles. The smallest absolute Gasteiger partial charge is 0.183 e. The Hall–Kier alpha value is -1.26. The molecule has 0 atom stereocenters. The molecule has 0 radical (unpaired) electrons. The molecule has 126 valence electrons. The molecule has 1 aliphatic carbocycles. The van der Waals surface area contributed by atoms with Crippen molar-refractivity contribution in [1.29, 1.82) is 0 Å². The molecule has 0 spiro atoms. The predicted octanol–water partition coefficient (Wildman–Crippen LogP) is 5.01. The van der Waals surface area contributed by atoms with Crippen LogP contribution in [-0.2, 0) is 9.47 Å². The van der Waals surface area contributed by atoms with Crippen molar-refractivity contribution >= 4 is 0 Å². The van der Waals surface area contributed by atoms with E-state index in [-0.39, 0.29) is 0 Å². The molecule has 0 bridgehead atoms. The molecule has 1 saturated heterocycles. The molecule has 0 unspecified atom stereocenters. The van der Waals surface area contributed by atoms with Gasteiger partial charge in [0, 0.05) is 11.5 Å². The Balaban J connectivity index is 1.51. The zero-order chi connectivity index (χ0) is 16.2. The SMILES string of the molecule is CC=C[C@H]1CC[C@H]([C@H]2CO[C@H](c3ccc(F)c(F)c3)OC2)CC1. The predicted molar refractivity (Wildman–Crippen MR) is 84.8 cm³/mol. The van der Waals surface area contributed by atoms with Crippen LogP contribution in [0.15, 0.2) is 30.4 Å². The highest BCUT2D eigenvalue weighted by Crippen LogP contribution is 2.37. The van der Waals surface area contributed by atoms with Gasteiger partial charge in [0.05, 0.1) is 13.2 Å². The first-order chi connectivity index (χ1) is 11.2. The van der Waals surface area contributed by atoms with E-state index >= 15 is 0 Å². The van der Waals surface area contributed by atoms with Crippen LogP contribution in [-0.4, -0.2) is 13.2 Å². The van der Waals surface area contributed by atoms with Crippen molar-refractivity contribution in [2.45, 2.75) is 38.9 Å². The second-order valence-corrected chi connectivity index (χ2v) is 6.63. The van der Waals surface area contributed by atoms with Gasteiger partial charge in [-0.05, 0) is 56.6 Å². The Bertz CT molecular complexity index is 542. The molecular weight excluding hydrogens is 298 g/mol. The van der Waals surface area contributed by atoms with Gasteiger partial charge >= 0.3 is 0 Å². The lowest BCUT2D eigenvalue weighted by atomic mass is 9.76. The average Bonchev–Trinajstić information content (AvgIpc) is 2.59. The number of hydrogen-bond donors (Lipinski definition) is 0. The Morgan fingerprint density at radius 3 is 2.26 bits per heavy atom. The van der Waals surface area contributed by atoms with E-state index in [9.17, 15) is 8.78 Å². The van der Waals surface area contributed by atoms with Crippen molar-refractivity contribution in [2.24, 2.45) is 17.8 Å². The Morgan fingerprint density at radius 2 is 1.65 bits per heavy atom. The van der Waals surface area contributed by atoms with Crippen molar-refractivity contribution in [3.8, 4) is 0 Å². The summed E-state index contributed by atoms with van der Waals surface area (Å²) < 4.78 is 37.9. The number of hydrogen-bond acceptors (Lipinski definition) is 2. The maximum Gasteiger partial charge on any atom is 0.183 e. The van der Waals surface area contributed by atoms with E-state index in [0.29, 0.717) is 30.6 Å². The molecule has 2 fully saturated rings. The highest BCUT2D eigenvalue weighted by molar-refractivity contribution is 5.19. The van der Waals surface area contributed by atoms with Crippen LogP contribution >= 0.6 is 0 Å². The standard InChI is InChI=1S/C19H24F2O2/c1-2-3-13-4-6-14(7-5-13)16-11-22-19(23-12-16)15-8-9-17(20)18(21)10-15/h2-3,8-10,13-14,16,19H,4-7,11-12H2,1H3/t13-,14-,16-,19-. The first-order valence-corrected chi connectivity index (χ1v) is 8.48. The van der Waals surface area contributed by atoms with Crippen LogP contribution in [0.2, 0.25) is 0 Å². The van der Waals surface area contributed by atoms with E-state index < -0.39 is 17.9 Å². The van der Waals surface area contributed by atoms with E-state index in [1.807, 2.05) is 0 Å². The van der Waals surface area contributed by atoms with Gasteiger partial charge in [0.2, 0.25) is 0 Å². The fourth-order valence-electron chi connectivity index (χ4n) is 3.72. The number of halogens is 2. The van der Waals surface area contributed by atoms with Gasteiger partial charge in [-0.15, -0.1) is 0 Å². The van der Waals surface area contributed by atoms with E-state index in [0.717, 1.165) is 18.1 Å². The second-order valence-electron chi connectivity index (χ2n) is 6.63. The summed E-state index contributed by atoms with van der Waals surface area (Å²) >= 11 is 0. The van der Waals surface area contributed by atoms with Crippen molar-refractivity contribution in [1.82, 2.24) is 0 Å². The summed E-state index contributed by atoms with van der Waals surface area (Å²) in [6.45, 7) is 3.33. The molecule has 1 aromatic carbocycles. The summed E-state index contributed by atoms with van der Waals surface area (Å²) in [5, 5.41) is 0. The van der Waals surface area contributed by atoms with Crippen LogP contribution in [0.3, 0.4) is 0 Å². The third kappa shape index (κ3) is 3.99. The third-order valence-corrected chi connectivity index (χ3v) is 5.09. The van der Waals surface area contributed by atoms with E-state index in [1.165, 1.54) is 31.7 Å². The molecule has 1 saturated carbocycles. The molecule has 0 N–H and O–H groups in total. The topological polar surface area (TPSA) is 18.5 Å². The third-order valence-electron chi connectivity index (χ3n) is 5.09. The summed E-state index contributed by atoms with van der Waals surface area (Å²) in [4.78, 5) is 0. The zero-order valence-electron chi connectivity index (χ0n) is 13.5. The van der Waals surface area contributed by atoms with E-state index in [4.69, 9.17) is 9.47 Å². The zero-order valence-corrected chi connectivity index (χ0v) is 13.5. The lowest BCUT2D eigenvalue weighted by molar-refractivity contribution is -0.214. The van der Waals surface area contributed by atoms with Crippen molar-refractivity contribution in [3.63, 3.8) is 0 Å². The minimum absolute atomic E-state index is 0.406. The van der Waals surface area contributed by atoms with Gasteiger partial charge in [-0.2, -0.15) is 0 Å². The number of ether oxygens (including phenoxy) is 2. The molecule has 2 nitrogen and oxygen atoms in total. The van der Waals surface area contributed by atoms with Crippen LogP contribution in [0.25, 0.3) is 0 Å². The normalized spacial score (nSPS) is 32.3. The second kappa shape index (κ2) is 7.54. The molecule has 0 amide bonds. The lowest BCUT2D eigenvalue weighted by Crippen LogP contribution is -2.34. The maximum atomic E-state index is 13.3.